The fraction of sp³-hybridized carbons (Fsp3) is 0.533. The van der Waals surface area contributed by atoms with Crippen LogP contribution < -0.4 is 0 Å². The van der Waals surface area contributed by atoms with E-state index in [0.717, 1.165) is 18.4 Å². The fourth-order valence-electron chi connectivity index (χ4n) is 3.41. The zero-order valence-corrected chi connectivity index (χ0v) is 12.1. The van der Waals surface area contributed by atoms with Crippen molar-refractivity contribution in [2.24, 2.45) is 11.8 Å². The molecule has 3 rings (SSSR count). The molecule has 20 heavy (non-hydrogen) atoms. The van der Waals surface area contributed by atoms with Crippen LogP contribution in [-0.4, -0.2) is 25.8 Å². The molecule has 0 spiro atoms. The molecule has 1 aromatic rings. The minimum absolute atomic E-state index is 0.314. The van der Waals surface area contributed by atoms with Crippen LogP contribution in [0.2, 0.25) is 0 Å². The van der Waals surface area contributed by atoms with E-state index in [1.54, 1.807) is 28.6 Å². The summed E-state index contributed by atoms with van der Waals surface area (Å²) in [5.74, 6) is 1.12. The van der Waals surface area contributed by atoms with Gasteiger partial charge in [-0.15, -0.1) is 0 Å². The summed E-state index contributed by atoms with van der Waals surface area (Å²) in [4.78, 5) is 0.346. The van der Waals surface area contributed by atoms with Gasteiger partial charge in [0.05, 0.1) is 17.4 Å². The van der Waals surface area contributed by atoms with Crippen LogP contribution in [0.25, 0.3) is 0 Å². The maximum atomic E-state index is 12.6. The van der Waals surface area contributed by atoms with Crippen molar-refractivity contribution < 1.29 is 8.42 Å². The Balaban J connectivity index is 1.80. The Labute approximate surface area is 120 Å². The topological polar surface area (TPSA) is 61.2 Å². The predicted molar refractivity (Wildman–Crippen MR) is 75.3 cm³/mol. The third-order valence-electron chi connectivity index (χ3n) is 4.54. The first-order valence-corrected chi connectivity index (χ1v) is 8.51. The summed E-state index contributed by atoms with van der Waals surface area (Å²) in [6.45, 7) is 1.35. The highest BCUT2D eigenvalue weighted by Crippen LogP contribution is 2.39. The summed E-state index contributed by atoms with van der Waals surface area (Å²) in [6.07, 6.45) is 3.88. The van der Waals surface area contributed by atoms with Crippen molar-refractivity contribution >= 4 is 10.0 Å². The number of fused-ring (bicyclic) bond motifs is 1. The lowest BCUT2D eigenvalue weighted by Gasteiger charge is -2.17. The summed E-state index contributed by atoms with van der Waals surface area (Å²) in [7, 11) is -3.36. The molecular formula is C15H18N2O2S. The van der Waals surface area contributed by atoms with Crippen molar-refractivity contribution in [1.29, 1.82) is 5.26 Å². The van der Waals surface area contributed by atoms with Crippen LogP contribution in [0.5, 0.6) is 0 Å². The van der Waals surface area contributed by atoms with Crippen LogP contribution in [0, 0.1) is 23.2 Å². The molecule has 106 valence electrons. The molecule has 2 unspecified atom stereocenters. The third kappa shape index (κ3) is 2.34. The molecule has 2 aliphatic rings. The maximum Gasteiger partial charge on any atom is 0.243 e. The van der Waals surface area contributed by atoms with Crippen LogP contribution in [-0.2, 0) is 16.4 Å². The van der Waals surface area contributed by atoms with E-state index < -0.39 is 10.0 Å². The SMILES string of the molecule is N#CCc1ccc(S(=O)(=O)N2CC3CCCC3C2)cc1. The number of hydrogen-bond acceptors (Lipinski definition) is 3. The summed E-state index contributed by atoms with van der Waals surface area (Å²) in [5, 5.41) is 8.64. The van der Waals surface area contributed by atoms with E-state index in [2.05, 4.69) is 6.07 Å². The Bertz CT molecular complexity index is 619. The monoisotopic (exact) mass is 290 g/mol. The van der Waals surface area contributed by atoms with Gasteiger partial charge in [-0.1, -0.05) is 18.6 Å². The second kappa shape index (κ2) is 5.19. The van der Waals surface area contributed by atoms with Gasteiger partial charge in [-0.3, -0.25) is 0 Å². The summed E-state index contributed by atoms with van der Waals surface area (Å²) in [5.41, 5.74) is 0.852. The molecule has 0 aromatic heterocycles. The Morgan fingerprint density at radius 1 is 1.15 bits per heavy atom. The average molecular weight is 290 g/mol. The highest BCUT2D eigenvalue weighted by atomic mass is 32.2. The Morgan fingerprint density at radius 3 is 2.30 bits per heavy atom. The molecule has 0 bridgehead atoms. The lowest BCUT2D eigenvalue weighted by molar-refractivity contribution is 0.445. The van der Waals surface area contributed by atoms with E-state index in [4.69, 9.17) is 5.26 Å². The van der Waals surface area contributed by atoms with E-state index in [-0.39, 0.29) is 0 Å². The lowest BCUT2D eigenvalue weighted by atomic mass is 10.0. The summed E-state index contributed by atoms with van der Waals surface area (Å²) < 4.78 is 26.8. The van der Waals surface area contributed by atoms with E-state index in [0.29, 0.717) is 36.2 Å². The van der Waals surface area contributed by atoms with Crippen molar-refractivity contribution in [2.45, 2.75) is 30.6 Å². The lowest BCUT2D eigenvalue weighted by Crippen LogP contribution is -2.29. The second-order valence-corrected chi connectivity index (χ2v) is 7.69. The Kier molecular flexibility index (Phi) is 3.53. The molecule has 2 fully saturated rings. The molecule has 5 heteroatoms. The van der Waals surface area contributed by atoms with Crippen molar-refractivity contribution in [3.8, 4) is 6.07 Å². The van der Waals surface area contributed by atoms with Crippen molar-refractivity contribution in [1.82, 2.24) is 4.31 Å². The summed E-state index contributed by atoms with van der Waals surface area (Å²) in [6, 6.07) is 8.76. The first-order valence-electron chi connectivity index (χ1n) is 7.07. The first kappa shape index (κ1) is 13.6. The van der Waals surface area contributed by atoms with Gasteiger partial charge < -0.3 is 0 Å². The van der Waals surface area contributed by atoms with E-state index in [9.17, 15) is 8.42 Å². The van der Waals surface area contributed by atoms with E-state index >= 15 is 0 Å². The molecule has 1 aromatic carbocycles. The number of sulfonamides is 1. The minimum Gasteiger partial charge on any atom is -0.207 e. The van der Waals surface area contributed by atoms with Gasteiger partial charge in [0.2, 0.25) is 10.0 Å². The molecule has 1 saturated carbocycles. The highest BCUT2D eigenvalue weighted by Gasteiger charge is 2.41. The smallest absolute Gasteiger partial charge is 0.207 e. The summed E-state index contributed by atoms with van der Waals surface area (Å²) >= 11 is 0. The zero-order valence-electron chi connectivity index (χ0n) is 11.3. The maximum absolute atomic E-state index is 12.6. The number of nitriles is 1. The van der Waals surface area contributed by atoms with Gasteiger partial charge >= 0.3 is 0 Å². The normalized spacial score (nSPS) is 26.4. The van der Waals surface area contributed by atoms with Gasteiger partial charge in [0.1, 0.15) is 0 Å². The first-order chi connectivity index (χ1) is 9.61. The molecule has 0 N–H and O–H groups in total. The molecule has 0 radical (unpaired) electrons. The molecule has 2 atom stereocenters. The number of rotatable bonds is 3. The van der Waals surface area contributed by atoms with Crippen molar-refractivity contribution in [2.75, 3.05) is 13.1 Å². The van der Waals surface area contributed by atoms with Crippen LogP contribution >= 0.6 is 0 Å². The van der Waals surface area contributed by atoms with Gasteiger partial charge in [0.15, 0.2) is 0 Å². The van der Waals surface area contributed by atoms with Crippen molar-refractivity contribution in [3.63, 3.8) is 0 Å². The van der Waals surface area contributed by atoms with Gasteiger partial charge in [-0.05, 0) is 42.4 Å². The number of hydrogen-bond donors (Lipinski definition) is 0. The van der Waals surface area contributed by atoms with Crippen molar-refractivity contribution in [3.05, 3.63) is 29.8 Å². The molecule has 0 amide bonds. The average Bonchev–Trinajstić information content (AvgIpc) is 3.00. The van der Waals surface area contributed by atoms with Crippen LogP contribution in [0.15, 0.2) is 29.2 Å². The van der Waals surface area contributed by atoms with Gasteiger partial charge in [0.25, 0.3) is 0 Å². The second-order valence-electron chi connectivity index (χ2n) is 5.75. The minimum atomic E-state index is -3.36. The Hall–Kier alpha value is -1.38. The molecule has 4 nitrogen and oxygen atoms in total. The van der Waals surface area contributed by atoms with Crippen LogP contribution in [0.4, 0.5) is 0 Å². The quantitative estimate of drug-likeness (QED) is 0.857. The van der Waals surface area contributed by atoms with E-state index in [1.807, 2.05) is 0 Å². The molecule has 1 saturated heterocycles. The van der Waals surface area contributed by atoms with Crippen LogP contribution in [0.3, 0.4) is 0 Å². The van der Waals surface area contributed by atoms with E-state index in [1.165, 1.54) is 6.42 Å². The van der Waals surface area contributed by atoms with Gasteiger partial charge in [-0.25, -0.2) is 8.42 Å². The predicted octanol–water partition coefficient (Wildman–Crippen LogP) is 2.17. The fourth-order valence-corrected chi connectivity index (χ4v) is 4.96. The number of nitrogens with zero attached hydrogens (tertiary/aromatic N) is 2. The standard InChI is InChI=1S/C15H18N2O2S/c16-9-8-12-4-6-15(7-5-12)20(18,19)17-10-13-2-1-3-14(13)11-17/h4-7,13-14H,1-3,8,10-11H2. The zero-order chi connectivity index (χ0) is 14.2. The molecule has 1 aliphatic carbocycles. The molecule has 1 aliphatic heterocycles. The highest BCUT2D eigenvalue weighted by molar-refractivity contribution is 7.89. The number of benzene rings is 1. The molecular weight excluding hydrogens is 272 g/mol. The molecule has 1 heterocycles. The Morgan fingerprint density at radius 2 is 1.75 bits per heavy atom. The van der Waals surface area contributed by atoms with Crippen LogP contribution in [0.1, 0.15) is 24.8 Å². The largest absolute Gasteiger partial charge is 0.243 e. The third-order valence-corrected chi connectivity index (χ3v) is 6.38. The van der Waals surface area contributed by atoms with Gasteiger partial charge in [-0.2, -0.15) is 9.57 Å². The van der Waals surface area contributed by atoms with Gasteiger partial charge in [0, 0.05) is 13.1 Å².